The Bertz CT molecular complexity index is 700. The van der Waals surface area contributed by atoms with E-state index in [0.29, 0.717) is 21.5 Å². The minimum atomic E-state index is -1.32. The summed E-state index contributed by atoms with van der Waals surface area (Å²) in [7, 11) is 2.95. The molecular formula is C15H12BrFO4. The summed E-state index contributed by atoms with van der Waals surface area (Å²) >= 11 is 3.33. The van der Waals surface area contributed by atoms with Gasteiger partial charge in [0, 0.05) is 11.1 Å². The van der Waals surface area contributed by atoms with Crippen molar-refractivity contribution in [3.63, 3.8) is 0 Å². The van der Waals surface area contributed by atoms with Gasteiger partial charge in [0.05, 0.1) is 19.8 Å². The molecule has 0 unspecified atom stereocenters. The average molecular weight is 355 g/mol. The molecule has 110 valence electrons. The van der Waals surface area contributed by atoms with Gasteiger partial charge >= 0.3 is 5.97 Å². The smallest absolute Gasteiger partial charge is 0.338 e. The maximum absolute atomic E-state index is 14.4. The van der Waals surface area contributed by atoms with Crippen LogP contribution in [0.4, 0.5) is 4.39 Å². The topological polar surface area (TPSA) is 55.8 Å². The molecule has 2 aromatic carbocycles. The van der Waals surface area contributed by atoms with E-state index in [0.717, 1.165) is 0 Å². The first-order chi connectivity index (χ1) is 10.0. The van der Waals surface area contributed by atoms with Crippen LogP contribution in [0.25, 0.3) is 11.1 Å². The van der Waals surface area contributed by atoms with Gasteiger partial charge in [0.1, 0.15) is 21.8 Å². The molecule has 0 saturated heterocycles. The predicted molar refractivity (Wildman–Crippen MR) is 79.6 cm³/mol. The van der Waals surface area contributed by atoms with E-state index in [1.807, 2.05) is 0 Å². The van der Waals surface area contributed by atoms with Crippen LogP contribution in [0.2, 0.25) is 0 Å². The number of halogens is 2. The third-order valence-corrected chi connectivity index (χ3v) is 3.76. The third kappa shape index (κ3) is 2.71. The van der Waals surface area contributed by atoms with E-state index in [1.54, 1.807) is 12.1 Å². The molecule has 2 aromatic rings. The summed E-state index contributed by atoms with van der Waals surface area (Å²) < 4.78 is 25.3. The van der Waals surface area contributed by atoms with Gasteiger partial charge in [0.2, 0.25) is 0 Å². The zero-order valence-corrected chi connectivity index (χ0v) is 12.9. The second-order valence-electron chi connectivity index (χ2n) is 4.13. The standard InChI is InChI=1S/C15H12BrFO4/c1-20-11-7-6-9(14(21-2)12(11)16)8-4-3-5-10(13(8)17)15(18)19/h3-7H,1-2H3,(H,18,19). The number of rotatable bonds is 4. The molecular weight excluding hydrogens is 343 g/mol. The highest BCUT2D eigenvalue weighted by Crippen LogP contribution is 2.42. The number of carboxylic acid groups (broad SMARTS) is 1. The molecule has 0 aliphatic rings. The number of benzene rings is 2. The number of hydrogen-bond donors (Lipinski definition) is 1. The van der Waals surface area contributed by atoms with Gasteiger partial charge in [-0.15, -0.1) is 0 Å². The highest BCUT2D eigenvalue weighted by Gasteiger charge is 2.20. The summed E-state index contributed by atoms with van der Waals surface area (Å²) in [5.41, 5.74) is 0.197. The average Bonchev–Trinajstić information content (AvgIpc) is 2.47. The number of carboxylic acids is 1. The minimum Gasteiger partial charge on any atom is -0.495 e. The lowest BCUT2D eigenvalue weighted by Crippen LogP contribution is -2.02. The molecule has 21 heavy (non-hydrogen) atoms. The fourth-order valence-electron chi connectivity index (χ4n) is 2.01. The van der Waals surface area contributed by atoms with E-state index in [-0.39, 0.29) is 11.1 Å². The van der Waals surface area contributed by atoms with Crippen LogP contribution in [-0.2, 0) is 0 Å². The quantitative estimate of drug-likeness (QED) is 0.902. The first kappa shape index (κ1) is 15.3. The van der Waals surface area contributed by atoms with Crippen molar-refractivity contribution in [3.05, 3.63) is 46.2 Å². The SMILES string of the molecule is COc1ccc(-c2cccc(C(=O)O)c2F)c(OC)c1Br. The second-order valence-corrected chi connectivity index (χ2v) is 4.93. The summed E-state index contributed by atoms with van der Waals surface area (Å²) in [5, 5.41) is 9.00. The van der Waals surface area contributed by atoms with Gasteiger partial charge in [0.15, 0.2) is 0 Å². The largest absolute Gasteiger partial charge is 0.495 e. The molecule has 0 aromatic heterocycles. The number of aromatic carboxylic acids is 1. The van der Waals surface area contributed by atoms with Gasteiger partial charge in [-0.25, -0.2) is 9.18 Å². The molecule has 0 aliphatic carbocycles. The van der Waals surface area contributed by atoms with Crippen molar-refractivity contribution < 1.29 is 23.8 Å². The van der Waals surface area contributed by atoms with Crippen LogP contribution in [0.15, 0.2) is 34.8 Å². The Labute approximate surface area is 129 Å². The van der Waals surface area contributed by atoms with Crippen molar-refractivity contribution in [2.45, 2.75) is 0 Å². The Hall–Kier alpha value is -2.08. The molecule has 1 N–H and O–H groups in total. The van der Waals surface area contributed by atoms with Crippen molar-refractivity contribution in [3.8, 4) is 22.6 Å². The van der Waals surface area contributed by atoms with Gasteiger partial charge < -0.3 is 14.6 Å². The molecule has 0 saturated carbocycles. The van der Waals surface area contributed by atoms with E-state index in [1.165, 1.54) is 32.4 Å². The van der Waals surface area contributed by atoms with E-state index < -0.39 is 11.8 Å². The molecule has 0 spiro atoms. The van der Waals surface area contributed by atoms with Crippen molar-refractivity contribution in [2.75, 3.05) is 14.2 Å². The van der Waals surface area contributed by atoms with Crippen molar-refractivity contribution >= 4 is 21.9 Å². The monoisotopic (exact) mass is 354 g/mol. The predicted octanol–water partition coefficient (Wildman–Crippen LogP) is 3.97. The molecule has 2 rings (SSSR count). The van der Waals surface area contributed by atoms with Crippen molar-refractivity contribution in [1.82, 2.24) is 0 Å². The number of ether oxygens (including phenoxy) is 2. The zero-order chi connectivity index (χ0) is 15.6. The van der Waals surface area contributed by atoms with Crippen LogP contribution in [-0.4, -0.2) is 25.3 Å². The van der Waals surface area contributed by atoms with Gasteiger partial charge in [-0.05, 0) is 34.1 Å². The first-order valence-electron chi connectivity index (χ1n) is 5.94. The molecule has 6 heteroatoms. The molecule has 0 bridgehead atoms. The Morgan fingerprint density at radius 2 is 1.86 bits per heavy atom. The van der Waals surface area contributed by atoms with E-state index in [4.69, 9.17) is 14.6 Å². The lowest BCUT2D eigenvalue weighted by Gasteiger charge is -2.14. The molecule has 0 radical (unpaired) electrons. The third-order valence-electron chi connectivity index (χ3n) is 3.01. The lowest BCUT2D eigenvalue weighted by molar-refractivity contribution is 0.0692. The van der Waals surface area contributed by atoms with Crippen LogP contribution in [0.3, 0.4) is 0 Å². The van der Waals surface area contributed by atoms with Gasteiger partial charge in [-0.3, -0.25) is 0 Å². The zero-order valence-electron chi connectivity index (χ0n) is 11.3. The Balaban J connectivity index is 2.71. The molecule has 0 aliphatic heterocycles. The number of methoxy groups -OCH3 is 2. The maximum Gasteiger partial charge on any atom is 0.338 e. The fraction of sp³-hybridized carbons (Fsp3) is 0.133. The summed E-state index contributed by atoms with van der Waals surface area (Å²) in [4.78, 5) is 11.0. The Morgan fingerprint density at radius 3 is 2.43 bits per heavy atom. The lowest BCUT2D eigenvalue weighted by atomic mass is 10.0. The maximum atomic E-state index is 14.4. The highest BCUT2D eigenvalue weighted by molar-refractivity contribution is 9.10. The molecule has 0 amide bonds. The number of carbonyl (C=O) groups is 1. The summed E-state index contributed by atoms with van der Waals surface area (Å²) in [6.07, 6.45) is 0. The number of hydrogen-bond acceptors (Lipinski definition) is 3. The summed E-state index contributed by atoms with van der Waals surface area (Å²) in [6, 6.07) is 7.46. The van der Waals surface area contributed by atoms with Crippen LogP contribution < -0.4 is 9.47 Å². The van der Waals surface area contributed by atoms with E-state index in [2.05, 4.69) is 15.9 Å². The van der Waals surface area contributed by atoms with Crippen LogP contribution in [0.1, 0.15) is 10.4 Å². The molecule has 0 fully saturated rings. The second kappa shape index (κ2) is 6.13. The normalized spacial score (nSPS) is 10.3. The first-order valence-corrected chi connectivity index (χ1v) is 6.73. The van der Waals surface area contributed by atoms with Crippen LogP contribution in [0.5, 0.6) is 11.5 Å². The molecule has 0 heterocycles. The van der Waals surface area contributed by atoms with E-state index in [9.17, 15) is 9.18 Å². The van der Waals surface area contributed by atoms with Crippen LogP contribution in [0, 0.1) is 5.82 Å². The van der Waals surface area contributed by atoms with Crippen molar-refractivity contribution in [1.29, 1.82) is 0 Å². The van der Waals surface area contributed by atoms with Crippen LogP contribution >= 0.6 is 15.9 Å². The van der Waals surface area contributed by atoms with Gasteiger partial charge in [0.25, 0.3) is 0 Å². The van der Waals surface area contributed by atoms with Gasteiger partial charge in [-0.1, -0.05) is 12.1 Å². The van der Waals surface area contributed by atoms with Gasteiger partial charge in [-0.2, -0.15) is 0 Å². The molecule has 0 atom stereocenters. The highest BCUT2D eigenvalue weighted by atomic mass is 79.9. The Morgan fingerprint density at radius 1 is 1.14 bits per heavy atom. The van der Waals surface area contributed by atoms with E-state index >= 15 is 0 Å². The Kier molecular flexibility index (Phi) is 4.47. The molecule has 4 nitrogen and oxygen atoms in total. The fourth-order valence-corrected chi connectivity index (χ4v) is 2.68. The van der Waals surface area contributed by atoms with Crippen molar-refractivity contribution in [2.24, 2.45) is 0 Å². The summed E-state index contributed by atoms with van der Waals surface area (Å²) in [5.74, 6) is -1.22. The summed E-state index contributed by atoms with van der Waals surface area (Å²) in [6.45, 7) is 0. The minimum absolute atomic E-state index is 0.148.